The molecule has 3 N–H and O–H groups in total. The Labute approximate surface area is 164 Å². The van der Waals surface area contributed by atoms with E-state index >= 15 is 0 Å². The maximum absolute atomic E-state index is 12.3. The number of aliphatic carboxylic acids is 1. The van der Waals surface area contributed by atoms with Crippen molar-refractivity contribution in [3.05, 3.63) is 65.7 Å². The van der Waals surface area contributed by atoms with Gasteiger partial charge in [-0.1, -0.05) is 44.2 Å². The predicted octanol–water partition coefficient (Wildman–Crippen LogP) is 2.95. The van der Waals surface area contributed by atoms with Crippen LogP contribution in [0.2, 0.25) is 0 Å². The highest BCUT2D eigenvalue weighted by Gasteiger charge is 2.65. The molecule has 1 saturated carbocycles. The molecule has 0 bridgehead atoms. The predicted molar refractivity (Wildman–Crippen MR) is 106 cm³/mol. The molecule has 28 heavy (non-hydrogen) atoms. The molecule has 0 unspecified atom stereocenters. The Kier molecular flexibility index (Phi) is 5.49. The summed E-state index contributed by atoms with van der Waals surface area (Å²) in [5.74, 6) is -2.65. The zero-order chi connectivity index (χ0) is 20.3. The summed E-state index contributed by atoms with van der Waals surface area (Å²) in [6.07, 6.45) is 0.753. The van der Waals surface area contributed by atoms with E-state index < -0.39 is 23.2 Å². The Bertz CT molecular complexity index is 875. The van der Waals surface area contributed by atoms with Crippen LogP contribution in [0.15, 0.2) is 54.6 Å². The number of nitrogens with one attached hydrogen (secondary N) is 2. The van der Waals surface area contributed by atoms with E-state index in [0.717, 1.165) is 12.0 Å². The highest BCUT2D eigenvalue weighted by molar-refractivity contribution is 6.00. The second kappa shape index (κ2) is 7.84. The number of carboxylic acid groups (broad SMARTS) is 1. The zero-order valence-corrected chi connectivity index (χ0v) is 15.9. The minimum Gasteiger partial charge on any atom is -0.481 e. The first-order valence-corrected chi connectivity index (χ1v) is 9.26. The number of rotatable bonds is 7. The number of benzene rings is 2. The zero-order valence-electron chi connectivity index (χ0n) is 15.9. The van der Waals surface area contributed by atoms with E-state index in [1.54, 1.807) is 38.1 Å². The highest BCUT2D eigenvalue weighted by atomic mass is 16.4. The van der Waals surface area contributed by atoms with Crippen LogP contribution in [0, 0.1) is 17.3 Å². The standard InChI is InChI=1S/C22H24N2O4/c1-22(2)17(18(22)21(27)28)20(26)24-16-10-8-15(9-11-16)19(25)23-13-12-14-6-4-3-5-7-14/h3-11,17-18H,12-13H2,1-2H3,(H,23,25)(H,24,26)(H,27,28)/t17-,18+/m1/s1. The van der Waals surface area contributed by atoms with Crippen molar-refractivity contribution in [3.8, 4) is 0 Å². The van der Waals surface area contributed by atoms with Crippen molar-refractivity contribution in [2.24, 2.45) is 17.3 Å². The number of anilines is 1. The lowest BCUT2D eigenvalue weighted by Gasteiger charge is -2.08. The topological polar surface area (TPSA) is 95.5 Å². The number of carbonyl (C=O) groups excluding carboxylic acids is 2. The van der Waals surface area contributed by atoms with Gasteiger partial charge in [0.15, 0.2) is 0 Å². The maximum Gasteiger partial charge on any atom is 0.307 e. The molecule has 1 fully saturated rings. The summed E-state index contributed by atoms with van der Waals surface area (Å²) < 4.78 is 0. The quantitative estimate of drug-likeness (QED) is 0.688. The molecule has 6 nitrogen and oxygen atoms in total. The van der Waals surface area contributed by atoms with Crippen molar-refractivity contribution < 1.29 is 19.5 Å². The average molecular weight is 380 g/mol. The molecular formula is C22H24N2O4. The molecule has 146 valence electrons. The Morgan fingerprint density at radius 2 is 1.61 bits per heavy atom. The van der Waals surface area contributed by atoms with Gasteiger partial charge in [0.25, 0.3) is 5.91 Å². The Hall–Kier alpha value is -3.15. The summed E-state index contributed by atoms with van der Waals surface area (Å²) in [4.78, 5) is 35.8. The molecule has 1 aliphatic carbocycles. The van der Waals surface area contributed by atoms with Gasteiger partial charge in [0.05, 0.1) is 11.8 Å². The average Bonchev–Trinajstić information content (AvgIpc) is 3.26. The molecule has 0 radical (unpaired) electrons. The van der Waals surface area contributed by atoms with Crippen molar-refractivity contribution in [1.29, 1.82) is 0 Å². The molecule has 6 heteroatoms. The summed E-state index contributed by atoms with van der Waals surface area (Å²) in [6.45, 7) is 4.09. The summed E-state index contributed by atoms with van der Waals surface area (Å²) in [5.41, 5.74) is 1.65. The number of carbonyl (C=O) groups is 3. The lowest BCUT2D eigenvalue weighted by molar-refractivity contribution is -0.140. The molecule has 0 aliphatic heterocycles. The van der Waals surface area contributed by atoms with Gasteiger partial charge in [0.2, 0.25) is 5.91 Å². The third-order valence-corrected chi connectivity index (χ3v) is 5.33. The molecule has 2 aromatic rings. The third kappa shape index (κ3) is 4.22. The Balaban J connectivity index is 1.51. The minimum atomic E-state index is -0.951. The molecule has 0 aromatic heterocycles. The SMILES string of the molecule is CC1(C)[C@H](C(=O)O)[C@@H]1C(=O)Nc1ccc(C(=O)NCCc2ccccc2)cc1. The molecule has 2 amide bonds. The van der Waals surface area contributed by atoms with Crippen LogP contribution in [0.3, 0.4) is 0 Å². The Morgan fingerprint density at radius 1 is 0.964 bits per heavy atom. The summed E-state index contributed by atoms with van der Waals surface area (Å²) >= 11 is 0. The number of hydrogen-bond donors (Lipinski definition) is 3. The molecule has 0 spiro atoms. The van der Waals surface area contributed by atoms with Gasteiger partial charge in [0.1, 0.15) is 0 Å². The van der Waals surface area contributed by atoms with Gasteiger partial charge in [-0.2, -0.15) is 0 Å². The largest absolute Gasteiger partial charge is 0.481 e. The first kappa shape index (κ1) is 19.6. The molecule has 0 saturated heterocycles. The van der Waals surface area contributed by atoms with Gasteiger partial charge in [-0.25, -0.2) is 0 Å². The van der Waals surface area contributed by atoms with Gasteiger partial charge in [-0.05, 0) is 41.7 Å². The van der Waals surface area contributed by atoms with Crippen LogP contribution < -0.4 is 10.6 Å². The monoisotopic (exact) mass is 380 g/mol. The van der Waals surface area contributed by atoms with E-state index in [2.05, 4.69) is 10.6 Å². The number of amides is 2. The number of hydrogen-bond acceptors (Lipinski definition) is 3. The van der Waals surface area contributed by atoms with Crippen LogP contribution in [0.4, 0.5) is 5.69 Å². The minimum absolute atomic E-state index is 0.178. The van der Waals surface area contributed by atoms with Crippen molar-refractivity contribution in [2.45, 2.75) is 20.3 Å². The van der Waals surface area contributed by atoms with Crippen LogP contribution in [-0.2, 0) is 16.0 Å². The molecule has 2 aromatic carbocycles. The first-order chi connectivity index (χ1) is 13.3. The fraction of sp³-hybridized carbons (Fsp3) is 0.318. The summed E-state index contributed by atoms with van der Waals surface area (Å²) in [7, 11) is 0. The van der Waals surface area contributed by atoms with Gasteiger partial charge in [-0.3, -0.25) is 14.4 Å². The second-order valence-corrected chi connectivity index (χ2v) is 7.67. The Morgan fingerprint density at radius 3 is 2.18 bits per heavy atom. The van der Waals surface area contributed by atoms with Crippen molar-refractivity contribution in [1.82, 2.24) is 5.32 Å². The third-order valence-electron chi connectivity index (χ3n) is 5.33. The van der Waals surface area contributed by atoms with Gasteiger partial charge < -0.3 is 15.7 Å². The van der Waals surface area contributed by atoms with Crippen molar-refractivity contribution >= 4 is 23.5 Å². The lowest BCUT2D eigenvalue weighted by atomic mass is 10.1. The smallest absolute Gasteiger partial charge is 0.307 e. The molecule has 3 rings (SSSR count). The normalized spacial score (nSPS) is 19.5. The highest BCUT2D eigenvalue weighted by Crippen LogP contribution is 2.58. The van der Waals surface area contributed by atoms with E-state index in [0.29, 0.717) is 17.8 Å². The number of carboxylic acids is 1. The maximum atomic E-state index is 12.3. The summed E-state index contributed by atoms with van der Waals surface area (Å²) in [6, 6.07) is 16.5. The van der Waals surface area contributed by atoms with Crippen LogP contribution >= 0.6 is 0 Å². The second-order valence-electron chi connectivity index (χ2n) is 7.67. The van der Waals surface area contributed by atoms with E-state index in [4.69, 9.17) is 0 Å². The van der Waals surface area contributed by atoms with E-state index in [1.807, 2.05) is 30.3 Å². The summed E-state index contributed by atoms with van der Waals surface area (Å²) in [5, 5.41) is 14.8. The van der Waals surface area contributed by atoms with Gasteiger partial charge >= 0.3 is 5.97 Å². The van der Waals surface area contributed by atoms with Gasteiger partial charge in [-0.15, -0.1) is 0 Å². The van der Waals surface area contributed by atoms with E-state index in [9.17, 15) is 19.5 Å². The molecule has 2 atom stereocenters. The molecule has 1 aliphatic rings. The lowest BCUT2D eigenvalue weighted by Crippen LogP contribution is -2.25. The van der Waals surface area contributed by atoms with E-state index in [-0.39, 0.29) is 11.8 Å². The van der Waals surface area contributed by atoms with Crippen molar-refractivity contribution in [3.63, 3.8) is 0 Å². The molecular weight excluding hydrogens is 356 g/mol. The van der Waals surface area contributed by atoms with Crippen LogP contribution in [-0.4, -0.2) is 29.4 Å². The fourth-order valence-electron chi connectivity index (χ4n) is 3.58. The van der Waals surface area contributed by atoms with Crippen LogP contribution in [0.1, 0.15) is 29.8 Å². The van der Waals surface area contributed by atoms with Gasteiger partial charge in [0, 0.05) is 17.8 Å². The first-order valence-electron chi connectivity index (χ1n) is 9.26. The van der Waals surface area contributed by atoms with E-state index in [1.165, 1.54) is 0 Å². The van der Waals surface area contributed by atoms with Crippen LogP contribution in [0.5, 0.6) is 0 Å². The van der Waals surface area contributed by atoms with Crippen LogP contribution in [0.25, 0.3) is 0 Å². The molecule has 0 heterocycles. The van der Waals surface area contributed by atoms with Crippen molar-refractivity contribution in [2.75, 3.05) is 11.9 Å². The fourth-order valence-corrected chi connectivity index (χ4v) is 3.58.